The fourth-order valence-electron chi connectivity index (χ4n) is 1.88. The number of carbonyl (C=O) groups is 2. The molecule has 120 valence electrons. The number of halogens is 2. The maximum absolute atomic E-state index is 13.0. The van der Waals surface area contributed by atoms with Gasteiger partial charge in [-0.1, -0.05) is 35.9 Å². The largest absolute Gasteiger partial charge is 0.387 e. The Labute approximate surface area is 137 Å². The van der Waals surface area contributed by atoms with E-state index in [1.165, 1.54) is 18.2 Å². The highest BCUT2D eigenvalue weighted by atomic mass is 35.5. The number of carbonyl (C=O) groups excluding carboxylic acids is 2. The highest BCUT2D eigenvalue weighted by molar-refractivity contribution is 6.39. The number of hydrogen-bond donors (Lipinski definition) is 3. The predicted octanol–water partition coefficient (Wildman–Crippen LogP) is 2.27. The Morgan fingerprint density at radius 3 is 2.57 bits per heavy atom. The number of aliphatic hydroxyl groups is 1. The van der Waals surface area contributed by atoms with E-state index >= 15 is 0 Å². The third-order valence-electron chi connectivity index (χ3n) is 3.01. The quantitative estimate of drug-likeness (QED) is 0.749. The molecule has 0 aliphatic carbocycles. The van der Waals surface area contributed by atoms with E-state index in [0.29, 0.717) is 10.6 Å². The second-order valence-electron chi connectivity index (χ2n) is 4.71. The summed E-state index contributed by atoms with van der Waals surface area (Å²) >= 11 is 5.93. The van der Waals surface area contributed by atoms with E-state index in [4.69, 9.17) is 11.6 Å². The first-order valence-electron chi connectivity index (χ1n) is 6.74. The lowest BCUT2D eigenvalue weighted by atomic mass is 10.1. The van der Waals surface area contributed by atoms with Crippen LogP contribution in [0.4, 0.5) is 10.1 Å². The monoisotopic (exact) mass is 336 g/mol. The van der Waals surface area contributed by atoms with E-state index in [1.54, 1.807) is 24.3 Å². The molecule has 0 aliphatic heterocycles. The molecule has 0 aliphatic rings. The average molecular weight is 337 g/mol. The molecule has 0 fully saturated rings. The van der Waals surface area contributed by atoms with Crippen molar-refractivity contribution in [2.45, 2.75) is 6.10 Å². The molecule has 7 heteroatoms. The van der Waals surface area contributed by atoms with Gasteiger partial charge in [0.1, 0.15) is 5.82 Å². The zero-order valence-electron chi connectivity index (χ0n) is 11.9. The highest BCUT2D eigenvalue weighted by Gasteiger charge is 2.17. The molecule has 0 unspecified atom stereocenters. The molecule has 0 bridgehead atoms. The first-order chi connectivity index (χ1) is 11.0. The first kappa shape index (κ1) is 16.9. The van der Waals surface area contributed by atoms with Crippen molar-refractivity contribution in [3.05, 3.63) is 64.9 Å². The molecule has 0 saturated heterocycles. The number of benzene rings is 2. The van der Waals surface area contributed by atoms with Crippen molar-refractivity contribution in [3.8, 4) is 0 Å². The minimum absolute atomic E-state index is 0.164. The maximum atomic E-state index is 13.0. The SMILES string of the molecule is O=C(NC[C@@H](O)c1ccccc1Cl)C(=O)Nc1cccc(F)c1. The third-order valence-corrected chi connectivity index (χ3v) is 3.35. The lowest BCUT2D eigenvalue weighted by molar-refractivity contribution is -0.136. The van der Waals surface area contributed by atoms with Crippen molar-refractivity contribution < 1.29 is 19.1 Å². The van der Waals surface area contributed by atoms with Crippen LogP contribution in [0.1, 0.15) is 11.7 Å². The van der Waals surface area contributed by atoms with E-state index in [9.17, 15) is 19.1 Å². The molecule has 2 aromatic rings. The molecule has 0 heterocycles. The Morgan fingerprint density at radius 2 is 1.87 bits per heavy atom. The third kappa shape index (κ3) is 4.77. The summed E-state index contributed by atoms with van der Waals surface area (Å²) in [6.07, 6.45) is -1.05. The van der Waals surface area contributed by atoms with Gasteiger partial charge in [0.25, 0.3) is 0 Å². The lowest BCUT2D eigenvalue weighted by Crippen LogP contribution is -2.37. The van der Waals surface area contributed by atoms with Crippen LogP contribution in [0.15, 0.2) is 48.5 Å². The summed E-state index contributed by atoms with van der Waals surface area (Å²) in [7, 11) is 0. The predicted molar refractivity (Wildman–Crippen MR) is 84.5 cm³/mol. The number of nitrogens with one attached hydrogen (secondary N) is 2. The van der Waals surface area contributed by atoms with Crippen LogP contribution in [0.2, 0.25) is 5.02 Å². The fraction of sp³-hybridized carbons (Fsp3) is 0.125. The van der Waals surface area contributed by atoms with E-state index in [-0.39, 0.29) is 12.2 Å². The Hall–Kier alpha value is -2.44. The Balaban J connectivity index is 1.89. The van der Waals surface area contributed by atoms with Crippen molar-refractivity contribution in [2.75, 3.05) is 11.9 Å². The summed E-state index contributed by atoms with van der Waals surface area (Å²) in [5, 5.41) is 14.9. The standard InChI is InChI=1S/C16H14ClFN2O3/c17-13-7-2-1-6-12(13)14(21)9-19-15(22)16(23)20-11-5-3-4-10(18)8-11/h1-8,14,21H,9H2,(H,19,22)(H,20,23)/t14-/m1/s1. The summed E-state index contributed by atoms with van der Waals surface area (Å²) in [6.45, 7) is -0.181. The van der Waals surface area contributed by atoms with Gasteiger partial charge < -0.3 is 15.7 Å². The van der Waals surface area contributed by atoms with Gasteiger partial charge in [-0.15, -0.1) is 0 Å². The maximum Gasteiger partial charge on any atom is 0.313 e. The Kier molecular flexibility index (Phi) is 5.67. The van der Waals surface area contributed by atoms with Gasteiger partial charge >= 0.3 is 11.8 Å². The summed E-state index contributed by atoms with van der Waals surface area (Å²) in [5.74, 6) is -2.43. The van der Waals surface area contributed by atoms with Crippen molar-refractivity contribution in [2.24, 2.45) is 0 Å². The molecule has 23 heavy (non-hydrogen) atoms. The molecule has 0 spiro atoms. The highest BCUT2D eigenvalue weighted by Crippen LogP contribution is 2.21. The van der Waals surface area contributed by atoms with Gasteiger partial charge in [-0.05, 0) is 24.3 Å². The molecular formula is C16H14ClFN2O3. The van der Waals surface area contributed by atoms with Gasteiger partial charge in [-0.2, -0.15) is 0 Å². The molecule has 3 N–H and O–H groups in total. The molecule has 2 aromatic carbocycles. The van der Waals surface area contributed by atoms with E-state index in [0.717, 1.165) is 6.07 Å². The number of amides is 2. The Morgan fingerprint density at radius 1 is 1.13 bits per heavy atom. The second kappa shape index (κ2) is 7.71. The zero-order valence-corrected chi connectivity index (χ0v) is 12.7. The smallest absolute Gasteiger partial charge is 0.313 e. The van der Waals surface area contributed by atoms with Crippen LogP contribution in [-0.4, -0.2) is 23.5 Å². The van der Waals surface area contributed by atoms with Crippen LogP contribution in [0.25, 0.3) is 0 Å². The number of rotatable bonds is 4. The van der Waals surface area contributed by atoms with E-state index in [2.05, 4.69) is 10.6 Å². The summed E-state index contributed by atoms with van der Waals surface area (Å²) in [4.78, 5) is 23.4. The van der Waals surface area contributed by atoms with Crippen LogP contribution >= 0.6 is 11.6 Å². The summed E-state index contributed by atoms with van der Waals surface area (Å²) < 4.78 is 13.0. The summed E-state index contributed by atoms with van der Waals surface area (Å²) in [6, 6.07) is 11.8. The van der Waals surface area contributed by atoms with Gasteiger partial charge in [0.2, 0.25) is 0 Å². The normalized spacial score (nSPS) is 11.6. The average Bonchev–Trinajstić information content (AvgIpc) is 2.52. The topological polar surface area (TPSA) is 78.4 Å². The second-order valence-corrected chi connectivity index (χ2v) is 5.12. The minimum Gasteiger partial charge on any atom is -0.387 e. The molecule has 2 amide bonds. The zero-order chi connectivity index (χ0) is 16.8. The van der Waals surface area contributed by atoms with Crippen molar-refractivity contribution in [1.29, 1.82) is 0 Å². The number of aliphatic hydroxyl groups excluding tert-OH is 1. The van der Waals surface area contributed by atoms with E-state index < -0.39 is 23.7 Å². The van der Waals surface area contributed by atoms with Gasteiger partial charge in [0, 0.05) is 22.8 Å². The van der Waals surface area contributed by atoms with Gasteiger partial charge in [0.05, 0.1) is 6.10 Å². The van der Waals surface area contributed by atoms with Crippen LogP contribution in [0.3, 0.4) is 0 Å². The molecule has 0 radical (unpaired) electrons. The van der Waals surface area contributed by atoms with Crippen LogP contribution in [0.5, 0.6) is 0 Å². The van der Waals surface area contributed by atoms with Crippen LogP contribution < -0.4 is 10.6 Å². The first-order valence-corrected chi connectivity index (χ1v) is 7.12. The molecule has 2 rings (SSSR count). The number of anilines is 1. The molecular weight excluding hydrogens is 323 g/mol. The minimum atomic E-state index is -1.05. The van der Waals surface area contributed by atoms with Crippen molar-refractivity contribution >= 4 is 29.1 Å². The van der Waals surface area contributed by atoms with Crippen molar-refractivity contribution in [3.63, 3.8) is 0 Å². The lowest BCUT2D eigenvalue weighted by Gasteiger charge is -2.13. The summed E-state index contributed by atoms with van der Waals surface area (Å²) in [5.41, 5.74) is 0.608. The van der Waals surface area contributed by atoms with E-state index in [1.807, 2.05) is 0 Å². The van der Waals surface area contributed by atoms with Crippen LogP contribution in [-0.2, 0) is 9.59 Å². The molecule has 0 aromatic heterocycles. The molecule has 0 saturated carbocycles. The van der Waals surface area contributed by atoms with Gasteiger partial charge in [0.15, 0.2) is 0 Å². The van der Waals surface area contributed by atoms with Gasteiger partial charge in [-0.25, -0.2) is 4.39 Å². The molecule has 5 nitrogen and oxygen atoms in total. The van der Waals surface area contributed by atoms with Crippen LogP contribution in [0, 0.1) is 5.82 Å². The van der Waals surface area contributed by atoms with Gasteiger partial charge in [-0.3, -0.25) is 9.59 Å². The Bertz CT molecular complexity index is 724. The number of hydrogen-bond acceptors (Lipinski definition) is 3. The molecule has 1 atom stereocenters. The van der Waals surface area contributed by atoms with Crippen molar-refractivity contribution in [1.82, 2.24) is 5.32 Å². The fourth-order valence-corrected chi connectivity index (χ4v) is 2.14.